The maximum absolute atomic E-state index is 9.88. The smallest absolute Gasteiger partial charge is 0.262 e. The molecule has 0 atom stereocenters. The molecule has 2 heterocycles. The molecule has 106 valence electrons. The topological polar surface area (TPSA) is 72.0 Å². The number of rotatable bonds is 2. The number of phenols is 1. The highest BCUT2D eigenvalue weighted by Crippen LogP contribution is 2.33. The Morgan fingerprint density at radius 3 is 2.62 bits per heavy atom. The van der Waals surface area contributed by atoms with Gasteiger partial charge in [-0.1, -0.05) is 21.1 Å². The highest BCUT2D eigenvalue weighted by Gasteiger charge is 2.17. The second-order valence-electron chi connectivity index (χ2n) is 4.07. The minimum atomic E-state index is 0.0660. The van der Waals surface area contributed by atoms with Gasteiger partial charge in [0.05, 0.1) is 5.56 Å². The molecule has 0 aliphatic carbocycles. The van der Waals surface area contributed by atoms with E-state index in [9.17, 15) is 5.11 Å². The molecule has 0 spiro atoms. The number of aromatic hydroxyl groups is 1. The second-order valence-corrected chi connectivity index (χ2v) is 6.75. The molecule has 5 nitrogen and oxygen atoms in total. The van der Waals surface area contributed by atoms with Crippen LogP contribution in [0.15, 0.2) is 48.4 Å². The van der Waals surface area contributed by atoms with Gasteiger partial charge < -0.3 is 9.63 Å². The van der Waals surface area contributed by atoms with E-state index in [4.69, 9.17) is 4.52 Å². The van der Waals surface area contributed by atoms with Crippen molar-refractivity contribution in [3.63, 3.8) is 0 Å². The fraction of sp³-hybridized carbons (Fsp3) is 0. The largest absolute Gasteiger partial charge is 0.507 e. The lowest BCUT2D eigenvalue weighted by molar-refractivity contribution is 0.425. The van der Waals surface area contributed by atoms with Crippen molar-refractivity contribution in [2.45, 2.75) is 0 Å². The first-order chi connectivity index (χ1) is 10.0. The van der Waals surface area contributed by atoms with E-state index < -0.39 is 0 Å². The van der Waals surface area contributed by atoms with Gasteiger partial charge >= 0.3 is 0 Å². The summed E-state index contributed by atoms with van der Waals surface area (Å²) in [5.41, 5.74) is 1.01. The molecular weight excluding hydrogens is 470 g/mol. The van der Waals surface area contributed by atoms with Crippen LogP contribution in [0, 0.1) is 0 Å². The van der Waals surface area contributed by atoms with Gasteiger partial charge in [0.1, 0.15) is 11.4 Å². The zero-order chi connectivity index (χ0) is 15.0. The van der Waals surface area contributed by atoms with Crippen LogP contribution in [-0.4, -0.2) is 20.2 Å². The molecule has 0 saturated heterocycles. The average molecular weight is 476 g/mol. The lowest BCUT2D eigenvalue weighted by Crippen LogP contribution is -1.88. The molecule has 3 aromatic rings. The lowest BCUT2D eigenvalue weighted by Gasteiger charge is -1.99. The van der Waals surface area contributed by atoms with Gasteiger partial charge in [-0.3, -0.25) is 4.98 Å². The average Bonchev–Trinajstić information content (AvgIpc) is 2.91. The first-order valence-corrected chi connectivity index (χ1v) is 8.06. The predicted molar refractivity (Wildman–Crippen MR) is 87.7 cm³/mol. The van der Waals surface area contributed by atoms with Crippen LogP contribution >= 0.6 is 47.8 Å². The fourth-order valence-electron chi connectivity index (χ4n) is 1.69. The van der Waals surface area contributed by atoms with Crippen LogP contribution in [-0.2, 0) is 0 Å². The summed E-state index contributed by atoms with van der Waals surface area (Å²) < 4.78 is 7.59. The van der Waals surface area contributed by atoms with Crippen LogP contribution in [0.3, 0.4) is 0 Å². The molecule has 0 amide bonds. The quantitative estimate of drug-likeness (QED) is 0.577. The van der Waals surface area contributed by atoms with Gasteiger partial charge in [0.25, 0.3) is 5.89 Å². The van der Waals surface area contributed by atoms with E-state index in [1.54, 1.807) is 24.4 Å². The molecule has 1 N–H and O–H groups in total. The Balaban J connectivity index is 2.06. The van der Waals surface area contributed by atoms with Crippen molar-refractivity contribution in [2.75, 3.05) is 0 Å². The molecule has 2 aromatic heterocycles. The van der Waals surface area contributed by atoms with Crippen LogP contribution in [0.25, 0.3) is 23.0 Å². The van der Waals surface area contributed by atoms with Crippen LogP contribution in [0.2, 0.25) is 0 Å². The normalized spacial score (nSPS) is 10.8. The number of nitrogens with zero attached hydrogens (tertiary/aromatic N) is 3. The predicted octanol–water partition coefficient (Wildman–Crippen LogP) is 4.79. The van der Waals surface area contributed by atoms with Gasteiger partial charge in [-0.15, -0.1) is 0 Å². The van der Waals surface area contributed by atoms with E-state index in [0.29, 0.717) is 17.1 Å². The zero-order valence-corrected chi connectivity index (χ0v) is 15.0. The molecule has 1 aromatic carbocycles. The van der Waals surface area contributed by atoms with E-state index in [-0.39, 0.29) is 11.6 Å². The first-order valence-electron chi connectivity index (χ1n) is 5.68. The molecule has 0 saturated carbocycles. The zero-order valence-electron chi connectivity index (χ0n) is 10.2. The van der Waals surface area contributed by atoms with E-state index in [1.807, 2.05) is 6.07 Å². The third kappa shape index (κ3) is 3.02. The molecule has 0 radical (unpaired) electrons. The van der Waals surface area contributed by atoms with Crippen LogP contribution in [0.5, 0.6) is 5.75 Å². The second kappa shape index (κ2) is 5.86. The van der Waals surface area contributed by atoms with Gasteiger partial charge in [0.15, 0.2) is 0 Å². The molecular formula is C13H6Br3N3O2. The minimum Gasteiger partial charge on any atom is -0.507 e. The van der Waals surface area contributed by atoms with Gasteiger partial charge in [-0.25, -0.2) is 0 Å². The Morgan fingerprint density at radius 2 is 1.86 bits per heavy atom. The summed E-state index contributed by atoms with van der Waals surface area (Å²) in [6.07, 6.45) is 1.65. The summed E-state index contributed by atoms with van der Waals surface area (Å²) in [5.74, 6) is 0.625. The van der Waals surface area contributed by atoms with Crippen molar-refractivity contribution in [3.8, 4) is 28.7 Å². The number of hydrogen-bond acceptors (Lipinski definition) is 5. The van der Waals surface area contributed by atoms with Gasteiger partial charge in [0, 0.05) is 19.6 Å². The summed E-state index contributed by atoms with van der Waals surface area (Å²) in [6, 6.07) is 6.83. The van der Waals surface area contributed by atoms with Crippen LogP contribution < -0.4 is 0 Å². The Morgan fingerprint density at radius 1 is 1.05 bits per heavy atom. The molecule has 0 bridgehead atoms. The van der Waals surface area contributed by atoms with Gasteiger partial charge in [-0.2, -0.15) is 4.98 Å². The van der Waals surface area contributed by atoms with E-state index >= 15 is 0 Å². The summed E-state index contributed by atoms with van der Waals surface area (Å²) in [4.78, 5) is 8.52. The molecule has 8 heteroatoms. The summed E-state index contributed by atoms with van der Waals surface area (Å²) in [5, 5.41) is 13.8. The fourth-order valence-corrected chi connectivity index (χ4v) is 3.21. The monoisotopic (exact) mass is 473 g/mol. The number of aromatic nitrogens is 3. The summed E-state index contributed by atoms with van der Waals surface area (Å²) >= 11 is 10.1. The number of pyridine rings is 1. The maximum atomic E-state index is 9.88. The van der Waals surface area contributed by atoms with E-state index in [2.05, 4.69) is 62.9 Å². The Bertz CT molecular complexity index is 820. The first kappa shape index (κ1) is 14.7. The van der Waals surface area contributed by atoms with E-state index in [0.717, 1.165) is 13.4 Å². The van der Waals surface area contributed by atoms with Crippen molar-refractivity contribution in [1.29, 1.82) is 0 Å². The van der Waals surface area contributed by atoms with Crippen LogP contribution in [0.1, 0.15) is 0 Å². The van der Waals surface area contributed by atoms with Crippen molar-refractivity contribution < 1.29 is 9.63 Å². The van der Waals surface area contributed by atoms with Crippen LogP contribution in [0.4, 0.5) is 0 Å². The molecule has 0 aliphatic rings. The van der Waals surface area contributed by atoms with Crippen molar-refractivity contribution in [2.24, 2.45) is 0 Å². The molecule has 0 unspecified atom stereocenters. The Kier molecular flexibility index (Phi) is 4.10. The number of benzene rings is 1. The van der Waals surface area contributed by atoms with Crippen molar-refractivity contribution in [3.05, 3.63) is 43.9 Å². The maximum Gasteiger partial charge on any atom is 0.262 e. The highest BCUT2D eigenvalue weighted by molar-refractivity contribution is 9.11. The lowest BCUT2D eigenvalue weighted by atomic mass is 10.2. The van der Waals surface area contributed by atoms with E-state index in [1.165, 1.54) is 0 Å². The van der Waals surface area contributed by atoms with Gasteiger partial charge in [-0.05, 0) is 56.1 Å². The standard InChI is InChI=1S/C13H6Br3N3O2/c14-6-1-2-10(20)8(3-6)13-18-12(19-21-13)11-9(16)4-7(15)5-17-11/h1-5,20H. The number of halogens is 3. The van der Waals surface area contributed by atoms with Crippen molar-refractivity contribution >= 4 is 47.8 Å². The summed E-state index contributed by atoms with van der Waals surface area (Å²) in [6.45, 7) is 0. The molecule has 0 aliphatic heterocycles. The minimum absolute atomic E-state index is 0.0660. The Labute approximate surface area is 144 Å². The summed E-state index contributed by atoms with van der Waals surface area (Å²) in [7, 11) is 0. The Hall–Kier alpha value is -1.25. The molecule has 0 fully saturated rings. The number of phenolic OH excluding ortho intramolecular Hbond substituents is 1. The molecule has 21 heavy (non-hydrogen) atoms. The third-order valence-electron chi connectivity index (χ3n) is 2.63. The third-order valence-corrected chi connectivity index (χ3v) is 4.17. The SMILES string of the molecule is Oc1ccc(Br)cc1-c1nc(-c2ncc(Br)cc2Br)no1. The number of hydrogen-bond donors (Lipinski definition) is 1. The van der Waals surface area contributed by atoms with Crippen molar-refractivity contribution in [1.82, 2.24) is 15.1 Å². The molecule has 3 rings (SSSR count). The highest BCUT2D eigenvalue weighted by atomic mass is 79.9. The van der Waals surface area contributed by atoms with Gasteiger partial charge in [0.2, 0.25) is 5.82 Å².